The highest BCUT2D eigenvalue weighted by molar-refractivity contribution is 5.63. The summed E-state index contributed by atoms with van der Waals surface area (Å²) in [5, 5.41) is 0. The van der Waals surface area contributed by atoms with E-state index in [1.54, 1.807) is 0 Å². The van der Waals surface area contributed by atoms with Gasteiger partial charge in [-0.2, -0.15) is 52.7 Å². The highest BCUT2D eigenvalue weighted by atomic mass is 19.4. The van der Waals surface area contributed by atoms with Gasteiger partial charge in [0.15, 0.2) is 12.6 Å². The van der Waals surface area contributed by atoms with Crippen molar-refractivity contribution in [2.45, 2.75) is 35.5 Å². The first-order chi connectivity index (χ1) is 9.37. The zero-order valence-corrected chi connectivity index (χ0v) is 9.51. The van der Waals surface area contributed by atoms with Crippen LogP contribution < -0.4 is 0 Å². The largest absolute Gasteiger partial charge is 0.385 e. The highest BCUT2D eigenvalue weighted by Crippen LogP contribution is 2.59. The van der Waals surface area contributed by atoms with E-state index >= 15 is 0 Å². The van der Waals surface area contributed by atoms with Crippen LogP contribution in [0.25, 0.3) is 0 Å². The lowest BCUT2D eigenvalue weighted by Gasteiger charge is -2.39. The molecule has 0 aromatic rings. The lowest BCUT2D eigenvalue weighted by Crippen LogP contribution is -2.71. The Labute approximate surface area is 112 Å². The standard InChI is InChI=1S/C8H2F12O2/c9-3(10,1-21)5(13,14)7(17,18)8(19,20)6(15,16)4(11,12)2-22/h1-2H. The van der Waals surface area contributed by atoms with E-state index in [4.69, 9.17) is 0 Å². The molecule has 0 aliphatic carbocycles. The van der Waals surface area contributed by atoms with Crippen LogP contribution in [-0.4, -0.2) is 48.1 Å². The van der Waals surface area contributed by atoms with Crippen molar-refractivity contribution in [1.29, 1.82) is 0 Å². The Morgan fingerprint density at radius 2 is 0.591 bits per heavy atom. The molecule has 0 radical (unpaired) electrons. The Bertz CT molecular complexity index is 412. The minimum Gasteiger partial charge on any atom is -0.296 e. The number of aldehydes is 2. The van der Waals surface area contributed by atoms with Gasteiger partial charge in [0.25, 0.3) is 0 Å². The minimum absolute atomic E-state index is 2.26. The quantitative estimate of drug-likeness (QED) is 0.518. The first-order valence-electron chi connectivity index (χ1n) is 4.57. The summed E-state index contributed by atoms with van der Waals surface area (Å²) in [6.07, 6.45) is -4.51. The topological polar surface area (TPSA) is 34.1 Å². The van der Waals surface area contributed by atoms with Crippen molar-refractivity contribution < 1.29 is 62.3 Å². The fourth-order valence-corrected chi connectivity index (χ4v) is 0.961. The predicted octanol–water partition coefficient (Wildman–Crippen LogP) is 3.20. The molecule has 130 valence electrons. The average molecular weight is 358 g/mol. The fourth-order valence-electron chi connectivity index (χ4n) is 0.961. The molecule has 0 aromatic heterocycles. The van der Waals surface area contributed by atoms with Gasteiger partial charge in [-0.1, -0.05) is 0 Å². The SMILES string of the molecule is O=CC(F)(F)C(F)(F)C(F)(F)C(F)(F)C(F)(F)C(F)(F)C=O. The lowest BCUT2D eigenvalue weighted by molar-refractivity contribution is -0.413. The normalized spacial score (nSPS) is 15.6. The summed E-state index contributed by atoms with van der Waals surface area (Å²) in [7, 11) is 0. The molecule has 0 N–H and O–H groups in total. The molecular weight excluding hydrogens is 356 g/mol. The third-order valence-electron chi connectivity index (χ3n) is 2.32. The van der Waals surface area contributed by atoms with Gasteiger partial charge in [-0.25, -0.2) is 0 Å². The molecule has 0 bridgehead atoms. The van der Waals surface area contributed by atoms with Crippen LogP contribution in [0.4, 0.5) is 52.7 Å². The Morgan fingerprint density at radius 3 is 0.727 bits per heavy atom. The van der Waals surface area contributed by atoms with Crippen molar-refractivity contribution in [3.05, 3.63) is 0 Å². The molecule has 0 rings (SSSR count). The van der Waals surface area contributed by atoms with Crippen molar-refractivity contribution in [3.8, 4) is 0 Å². The van der Waals surface area contributed by atoms with Crippen LogP contribution >= 0.6 is 0 Å². The van der Waals surface area contributed by atoms with Crippen molar-refractivity contribution in [2.24, 2.45) is 0 Å². The molecule has 0 saturated carbocycles. The second-order valence-corrected chi connectivity index (χ2v) is 3.78. The summed E-state index contributed by atoms with van der Waals surface area (Å²) in [6, 6.07) is 0. The predicted molar refractivity (Wildman–Crippen MR) is 41.8 cm³/mol. The number of alkyl halides is 12. The molecule has 0 unspecified atom stereocenters. The smallest absolute Gasteiger partial charge is 0.296 e. The van der Waals surface area contributed by atoms with Crippen molar-refractivity contribution >= 4 is 12.6 Å². The maximum absolute atomic E-state index is 12.8. The number of halogens is 12. The summed E-state index contributed by atoms with van der Waals surface area (Å²) in [4.78, 5) is 19.1. The van der Waals surface area contributed by atoms with Crippen LogP contribution in [0, 0.1) is 0 Å². The lowest BCUT2D eigenvalue weighted by atomic mass is 9.92. The summed E-state index contributed by atoms with van der Waals surface area (Å²) < 4.78 is 151. The molecule has 0 aromatic carbocycles. The summed E-state index contributed by atoms with van der Waals surface area (Å²) >= 11 is 0. The van der Waals surface area contributed by atoms with E-state index < -0.39 is 48.1 Å². The fraction of sp³-hybridized carbons (Fsp3) is 0.750. The van der Waals surface area contributed by atoms with Gasteiger partial charge >= 0.3 is 35.5 Å². The first-order valence-corrected chi connectivity index (χ1v) is 4.57. The summed E-state index contributed by atoms with van der Waals surface area (Å²) in [5.41, 5.74) is 0. The summed E-state index contributed by atoms with van der Waals surface area (Å²) in [6.45, 7) is 0. The monoisotopic (exact) mass is 358 g/mol. The van der Waals surface area contributed by atoms with Gasteiger partial charge in [-0.05, 0) is 0 Å². The van der Waals surface area contributed by atoms with E-state index in [1.807, 2.05) is 0 Å². The van der Waals surface area contributed by atoms with E-state index in [0.29, 0.717) is 0 Å². The van der Waals surface area contributed by atoms with Crippen LogP contribution in [0.5, 0.6) is 0 Å². The molecule has 2 nitrogen and oxygen atoms in total. The molecule has 0 amide bonds. The molecule has 14 heteroatoms. The number of hydrogen-bond donors (Lipinski definition) is 0. The van der Waals surface area contributed by atoms with Crippen molar-refractivity contribution in [1.82, 2.24) is 0 Å². The molecule has 0 atom stereocenters. The maximum atomic E-state index is 12.8. The number of carbonyl (C=O) groups excluding carboxylic acids is 2. The average Bonchev–Trinajstić information content (AvgIpc) is 2.37. The molecule has 22 heavy (non-hydrogen) atoms. The number of carbonyl (C=O) groups is 2. The molecule has 0 aliphatic rings. The zero-order chi connectivity index (χ0) is 18.4. The second-order valence-electron chi connectivity index (χ2n) is 3.78. The highest BCUT2D eigenvalue weighted by Gasteiger charge is 2.90. The Kier molecular flexibility index (Phi) is 4.67. The minimum atomic E-state index is -7.82. The Hall–Kier alpha value is -1.50. The third-order valence-corrected chi connectivity index (χ3v) is 2.32. The third kappa shape index (κ3) is 2.31. The van der Waals surface area contributed by atoms with Gasteiger partial charge in [0.2, 0.25) is 0 Å². The van der Waals surface area contributed by atoms with E-state index in [9.17, 15) is 62.3 Å². The molecule has 0 fully saturated rings. The van der Waals surface area contributed by atoms with Crippen LogP contribution in [0.3, 0.4) is 0 Å². The van der Waals surface area contributed by atoms with Gasteiger partial charge in [0.1, 0.15) is 0 Å². The van der Waals surface area contributed by atoms with E-state index in [2.05, 4.69) is 0 Å². The molecule has 0 saturated heterocycles. The Balaban J connectivity index is 6.30. The number of rotatable bonds is 7. The zero-order valence-electron chi connectivity index (χ0n) is 9.51. The van der Waals surface area contributed by atoms with Crippen LogP contribution in [-0.2, 0) is 9.59 Å². The van der Waals surface area contributed by atoms with E-state index in [1.165, 1.54) is 0 Å². The van der Waals surface area contributed by atoms with Crippen molar-refractivity contribution in [3.63, 3.8) is 0 Å². The second kappa shape index (κ2) is 5.01. The van der Waals surface area contributed by atoms with Crippen LogP contribution in [0.2, 0.25) is 0 Å². The van der Waals surface area contributed by atoms with Crippen LogP contribution in [0.15, 0.2) is 0 Å². The van der Waals surface area contributed by atoms with Gasteiger partial charge in [-0.15, -0.1) is 0 Å². The van der Waals surface area contributed by atoms with Gasteiger partial charge in [-0.3, -0.25) is 9.59 Å². The Morgan fingerprint density at radius 1 is 0.409 bits per heavy atom. The van der Waals surface area contributed by atoms with E-state index in [-0.39, 0.29) is 0 Å². The van der Waals surface area contributed by atoms with Gasteiger partial charge in [0.05, 0.1) is 0 Å². The molecular formula is C8H2F12O2. The van der Waals surface area contributed by atoms with Gasteiger partial charge in [0, 0.05) is 0 Å². The number of hydrogen-bond acceptors (Lipinski definition) is 2. The summed E-state index contributed by atoms with van der Waals surface area (Å²) in [5.74, 6) is -43.7. The van der Waals surface area contributed by atoms with Crippen LogP contribution in [0.1, 0.15) is 0 Å². The maximum Gasteiger partial charge on any atom is 0.385 e. The van der Waals surface area contributed by atoms with E-state index in [0.717, 1.165) is 0 Å². The molecule has 0 spiro atoms. The molecule has 0 aliphatic heterocycles. The molecule has 0 heterocycles. The van der Waals surface area contributed by atoms with Crippen molar-refractivity contribution in [2.75, 3.05) is 0 Å². The van der Waals surface area contributed by atoms with Gasteiger partial charge < -0.3 is 0 Å². The first kappa shape index (κ1) is 20.5.